The van der Waals surface area contributed by atoms with Crippen molar-refractivity contribution in [3.05, 3.63) is 88.1 Å². The van der Waals surface area contributed by atoms with Crippen molar-refractivity contribution in [2.45, 2.75) is 124 Å². The highest BCUT2D eigenvalue weighted by atomic mass is 79.9. The molecule has 6 nitrogen and oxygen atoms in total. The van der Waals surface area contributed by atoms with Gasteiger partial charge in [-0.1, -0.05) is 114 Å². The number of nitrogens with one attached hydrogen (secondary N) is 1. The van der Waals surface area contributed by atoms with Gasteiger partial charge in [-0.05, 0) is 98.0 Å². The van der Waals surface area contributed by atoms with E-state index in [1.165, 1.54) is 5.39 Å². The van der Waals surface area contributed by atoms with Crippen molar-refractivity contribution in [1.82, 2.24) is 28.4 Å². The zero-order chi connectivity index (χ0) is 37.1. The van der Waals surface area contributed by atoms with Crippen LogP contribution < -0.4 is 0 Å². The molecule has 6 heterocycles. The standard InChI is InChI=1S/C16H25BrN2Si.C16H25ClN2Si.C7H5ClN2.CH4/c2*1-11(2)20(12(3)4,13(5)6)19-8-7-14-9-15(17)10-18-16(14)19;8-6-3-5-1-2-9-7(5)10-4-6;/h2*7-13H,1-6H3;1-4H,(H,9,10);1H4. The predicted molar refractivity (Wildman–Crippen MR) is 233 cm³/mol. The Bertz CT molecular complexity index is 1860. The molecule has 51 heavy (non-hydrogen) atoms. The number of pyridine rings is 3. The third kappa shape index (κ3) is 8.38. The molecule has 0 aliphatic heterocycles. The van der Waals surface area contributed by atoms with E-state index >= 15 is 0 Å². The molecule has 0 saturated heterocycles. The number of rotatable bonds is 8. The third-order valence-electron chi connectivity index (χ3n) is 10.7. The molecule has 0 saturated carbocycles. The lowest BCUT2D eigenvalue weighted by molar-refractivity contribution is 0.770. The molecule has 0 radical (unpaired) electrons. The first-order chi connectivity index (χ1) is 23.5. The Kier molecular flexibility index (Phi) is 14.8. The van der Waals surface area contributed by atoms with E-state index < -0.39 is 16.5 Å². The molecule has 6 aromatic heterocycles. The van der Waals surface area contributed by atoms with Crippen molar-refractivity contribution in [2.75, 3.05) is 0 Å². The van der Waals surface area contributed by atoms with Gasteiger partial charge in [-0.2, -0.15) is 0 Å². The zero-order valence-corrected chi connectivity index (χ0v) is 36.9. The first-order valence-electron chi connectivity index (χ1n) is 17.8. The zero-order valence-electron chi connectivity index (χ0n) is 31.8. The number of aromatic nitrogens is 6. The van der Waals surface area contributed by atoms with Crippen LogP contribution in [0, 0.1) is 0 Å². The molecule has 0 amide bonds. The molecule has 1 N–H and O–H groups in total. The van der Waals surface area contributed by atoms with E-state index in [1.807, 2.05) is 30.6 Å². The first kappa shape index (κ1) is 43.0. The minimum atomic E-state index is -1.72. The third-order valence-corrected chi connectivity index (χ3v) is 25.1. The Morgan fingerprint density at radius 3 is 1.41 bits per heavy atom. The largest absolute Gasteiger partial charge is 0.359 e. The van der Waals surface area contributed by atoms with E-state index in [2.05, 4.69) is 153 Å². The lowest BCUT2D eigenvalue weighted by atomic mass is 10.3. The summed E-state index contributed by atoms with van der Waals surface area (Å²) < 4.78 is 6.11. The van der Waals surface area contributed by atoms with E-state index in [0.717, 1.165) is 32.2 Å². The molecular formula is C40H59BrCl2N6Si2. The number of hydrogen-bond acceptors (Lipinski definition) is 3. The van der Waals surface area contributed by atoms with E-state index in [0.29, 0.717) is 43.3 Å². The van der Waals surface area contributed by atoms with Gasteiger partial charge in [-0.15, -0.1) is 0 Å². The average molecular weight is 831 g/mol. The van der Waals surface area contributed by atoms with Crippen LogP contribution in [0.4, 0.5) is 0 Å². The van der Waals surface area contributed by atoms with Gasteiger partial charge in [0, 0.05) is 45.4 Å². The molecule has 0 fully saturated rings. The second kappa shape index (κ2) is 17.6. The molecule has 6 rings (SSSR count). The van der Waals surface area contributed by atoms with Gasteiger partial charge in [0.25, 0.3) is 0 Å². The summed E-state index contributed by atoms with van der Waals surface area (Å²) in [7, 11) is -3.42. The van der Waals surface area contributed by atoms with Crippen molar-refractivity contribution in [2.24, 2.45) is 0 Å². The van der Waals surface area contributed by atoms with Gasteiger partial charge >= 0.3 is 0 Å². The highest BCUT2D eigenvalue weighted by molar-refractivity contribution is 9.10. The van der Waals surface area contributed by atoms with Crippen LogP contribution in [0.1, 0.15) is 90.5 Å². The maximum atomic E-state index is 6.07. The molecule has 0 unspecified atom stereocenters. The topological polar surface area (TPSA) is 64.3 Å². The lowest BCUT2D eigenvalue weighted by Gasteiger charge is -2.44. The second-order valence-electron chi connectivity index (χ2n) is 15.3. The highest BCUT2D eigenvalue weighted by Crippen LogP contribution is 2.45. The fourth-order valence-electron chi connectivity index (χ4n) is 9.20. The van der Waals surface area contributed by atoms with Crippen LogP contribution in [0.2, 0.25) is 43.3 Å². The number of halogens is 3. The van der Waals surface area contributed by atoms with Crippen molar-refractivity contribution >= 4 is 88.7 Å². The lowest BCUT2D eigenvalue weighted by Crippen LogP contribution is -2.51. The van der Waals surface area contributed by atoms with E-state index in [9.17, 15) is 0 Å². The second-order valence-corrected chi connectivity index (χ2v) is 28.5. The summed E-state index contributed by atoms with van der Waals surface area (Å²) in [4.78, 5) is 16.4. The van der Waals surface area contributed by atoms with Gasteiger partial charge in [0.15, 0.2) is 16.5 Å². The van der Waals surface area contributed by atoms with E-state index in [4.69, 9.17) is 28.2 Å². The van der Waals surface area contributed by atoms with Crippen LogP contribution in [0.15, 0.2) is 78.1 Å². The molecule has 11 heteroatoms. The maximum Gasteiger partial charge on any atom is 0.171 e. The molecule has 0 bridgehead atoms. The van der Waals surface area contributed by atoms with Gasteiger partial charge in [0.2, 0.25) is 0 Å². The molecule has 278 valence electrons. The van der Waals surface area contributed by atoms with Crippen LogP contribution in [-0.2, 0) is 0 Å². The Hall–Kier alpha value is -2.44. The van der Waals surface area contributed by atoms with Crippen molar-refractivity contribution in [3.63, 3.8) is 0 Å². The van der Waals surface area contributed by atoms with Crippen LogP contribution in [0.3, 0.4) is 0 Å². The predicted octanol–water partition coefficient (Wildman–Crippen LogP) is 14.4. The summed E-state index contributed by atoms with van der Waals surface area (Å²) in [6.45, 7) is 28.5. The number of hydrogen-bond donors (Lipinski definition) is 1. The SMILES string of the molecule is C.CC(C)[Si](C(C)C)(C(C)C)n1ccc2cc(Br)cnc21.CC(C)[Si](C(C)C)(C(C)C)n1ccc2cc(Cl)cnc21.Clc1cnc2[nH]ccc2c1. The molecule has 0 spiro atoms. The van der Waals surface area contributed by atoms with Crippen LogP contribution in [0.5, 0.6) is 0 Å². The van der Waals surface area contributed by atoms with Crippen LogP contribution in [0.25, 0.3) is 33.1 Å². The minimum absolute atomic E-state index is 0. The average Bonchev–Trinajstić information content (AvgIpc) is 3.76. The summed E-state index contributed by atoms with van der Waals surface area (Å²) in [5.41, 5.74) is 7.16. The number of nitrogens with zero attached hydrogens (tertiary/aromatic N) is 5. The van der Waals surface area contributed by atoms with Gasteiger partial charge in [0.1, 0.15) is 16.9 Å². The number of aromatic amines is 1. The summed E-state index contributed by atoms with van der Waals surface area (Å²) in [6.07, 6.45) is 11.7. The summed E-state index contributed by atoms with van der Waals surface area (Å²) in [6, 6.07) is 12.4. The van der Waals surface area contributed by atoms with E-state index in [-0.39, 0.29) is 7.43 Å². The Labute approximate surface area is 327 Å². The first-order valence-corrected chi connectivity index (χ1v) is 23.7. The van der Waals surface area contributed by atoms with E-state index in [1.54, 1.807) is 12.4 Å². The summed E-state index contributed by atoms with van der Waals surface area (Å²) in [5.74, 6) is 0. The number of fused-ring (bicyclic) bond motifs is 3. The molecular weight excluding hydrogens is 771 g/mol. The molecule has 0 atom stereocenters. The fraction of sp³-hybridized carbons (Fsp3) is 0.475. The van der Waals surface area contributed by atoms with Gasteiger partial charge in [-0.3, -0.25) is 0 Å². The fourth-order valence-corrected chi connectivity index (χ4v) is 23.0. The normalized spacial score (nSPS) is 12.3. The Balaban J connectivity index is 0.000000215. The summed E-state index contributed by atoms with van der Waals surface area (Å²) in [5, 5.41) is 4.82. The molecule has 0 aliphatic carbocycles. The Morgan fingerprint density at radius 1 is 0.569 bits per heavy atom. The van der Waals surface area contributed by atoms with Crippen molar-refractivity contribution < 1.29 is 0 Å². The van der Waals surface area contributed by atoms with Gasteiger partial charge in [0.05, 0.1) is 10.0 Å². The maximum absolute atomic E-state index is 6.07. The molecule has 0 aliphatic rings. The van der Waals surface area contributed by atoms with Gasteiger partial charge in [-0.25, -0.2) is 15.0 Å². The molecule has 6 aromatic rings. The monoisotopic (exact) mass is 828 g/mol. The summed E-state index contributed by atoms with van der Waals surface area (Å²) >= 11 is 15.3. The minimum Gasteiger partial charge on any atom is -0.359 e. The Morgan fingerprint density at radius 2 is 0.961 bits per heavy atom. The highest BCUT2D eigenvalue weighted by Gasteiger charge is 2.47. The van der Waals surface area contributed by atoms with Crippen LogP contribution >= 0.6 is 39.1 Å². The van der Waals surface area contributed by atoms with Crippen molar-refractivity contribution in [1.29, 1.82) is 0 Å². The van der Waals surface area contributed by atoms with Crippen LogP contribution in [-0.4, -0.2) is 44.9 Å². The smallest absolute Gasteiger partial charge is 0.171 e. The van der Waals surface area contributed by atoms with Crippen molar-refractivity contribution in [3.8, 4) is 0 Å². The van der Waals surface area contributed by atoms with Gasteiger partial charge < -0.3 is 13.4 Å². The number of H-pyrrole nitrogens is 1. The molecule has 0 aromatic carbocycles. The quantitative estimate of drug-likeness (QED) is 0.155.